The summed E-state index contributed by atoms with van der Waals surface area (Å²) in [7, 11) is 0. The van der Waals surface area contributed by atoms with Crippen molar-refractivity contribution in [3.05, 3.63) is 60.0 Å². The molecule has 0 heterocycles. The lowest BCUT2D eigenvalue weighted by Gasteiger charge is -2.32. The van der Waals surface area contributed by atoms with Crippen LogP contribution in [-0.4, -0.2) is 11.7 Å². The molecule has 1 aromatic carbocycles. The Kier molecular flexibility index (Phi) is 5.26. The van der Waals surface area contributed by atoms with Crippen LogP contribution < -0.4 is 4.74 Å². The normalized spacial score (nSPS) is 12.2. The molecule has 1 rings (SSSR count). The minimum Gasteiger partial charge on any atom is -0.482 e. The average Bonchev–Trinajstić information content (AvgIpc) is 2.32. The van der Waals surface area contributed by atoms with Gasteiger partial charge in [-0.15, -0.1) is 0 Å². The van der Waals surface area contributed by atoms with Crippen molar-refractivity contribution in [3.8, 4) is 5.75 Å². The molecule has 3 heteroatoms. The van der Waals surface area contributed by atoms with Gasteiger partial charge in [0, 0.05) is 0 Å². The molecule has 0 aromatic heterocycles. The molecular formula is C15H17BrO2. The van der Waals surface area contributed by atoms with Crippen LogP contribution in [0.1, 0.15) is 13.8 Å². The predicted octanol–water partition coefficient (Wildman–Crippen LogP) is 4.48. The zero-order valence-electron chi connectivity index (χ0n) is 10.7. The first-order valence-corrected chi connectivity index (χ1v) is 6.36. The lowest BCUT2D eigenvalue weighted by Crippen LogP contribution is -2.41. The van der Waals surface area contributed by atoms with Gasteiger partial charge in [-0.1, -0.05) is 31.0 Å². The molecule has 0 amide bonds. The first-order valence-electron chi connectivity index (χ1n) is 5.57. The molecule has 1 aromatic rings. The standard InChI is InChI=1S/C15H17BrO2/c1-5-11-17-14(6-2)15(3,4)18-13-10-8-7-9-12(13)16/h6-11,14H,1-2H2,3-4H3. The van der Waals surface area contributed by atoms with E-state index in [0.29, 0.717) is 0 Å². The summed E-state index contributed by atoms with van der Waals surface area (Å²) in [5.41, 5.74) is 2.01. The summed E-state index contributed by atoms with van der Waals surface area (Å²) in [5, 5.41) is 0. The SMILES string of the molecule is C=C=COC(C=C)C(C)(C)Oc1ccccc1Br. The molecule has 0 aliphatic rings. The summed E-state index contributed by atoms with van der Waals surface area (Å²) >= 11 is 3.45. The second kappa shape index (κ2) is 6.48. The molecule has 0 fully saturated rings. The topological polar surface area (TPSA) is 18.5 Å². The molecule has 0 aliphatic carbocycles. The summed E-state index contributed by atoms with van der Waals surface area (Å²) in [6.45, 7) is 11.1. The third kappa shape index (κ3) is 3.80. The van der Waals surface area contributed by atoms with Gasteiger partial charge in [-0.05, 0) is 48.0 Å². The van der Waals surface area contributed by atoms with Gasteiger partial charge in [0.2, 0.25) is 0 Å². The van der Waals surface area contributed by atoms with Crippen LogP contribution in [0.15, 0.2) is 60.0 Å². The smallest absolute Gasteiger partial charge is 0.156 e. The van der Waals surface area contributed by atoms with Crippen molar-refractivity contribution in [2.75, 3.05) is 0 Å². The summed E-state index contributed by atoms with van der Waals surface area (Å²) in [6, 6.07) is 7.68. The molecule has 96 valence electrons. The van der Waals surface area contributed by atoms with Crippen molar-refractivity contribution < 1.29 is 9.47 Å². The van der Waals surface area contributed by atoms with Crippen molar-refractivity contribution in [3.63, 3.8) is 0 Å². The average molecular weight is 309 g/mol. The van der Waals surface area contributed by atoms with E-state index < -0.39 is 5.60 Å². The highest BCUT2D eigenvalue weighted by Gasteiger charge is 2.31. The van der Waals surface area contributed by atoms with Gasteiger partial charge in [0.25, 0.3) is 0 Å². The molecule has 0 N–H and O–H groups in total. The van der Waals surface area contributed by atoms with Gasteiger partial charge >= 0.3 is 0 Å². The molecule has 0 spiro atoms. The second-order valence-corrected chi connectivity index (χ2v) is 5.10. The number of hydrogen-bond acceptors (Lipinski definition) is 2. The Morgan fingerprint density at radius 2 is 2.06 bits per heavy atom. The van der Waals surface area contributed by atoms with E-state index in [1.807, 2.05) is 38.1 Å². The fourth-order valence-corrected chi connectivity index (χ4v) is 1.86. The van der Waals surface area contributed by atoms with E-state index in [2.05, 4.69) is 34.8 Å². The van der Waals surface area contributed by atoms with Crippen LogP contribution in [0, 0.1) is 0 Å². The van der Waals surface area contributed by atoms with Crippen LogP contribution in [0.5, 0.6) is 5.75 Å². The van der Waals surface area contributed by atoms with Gasteiger partial charge in [-0.2, -0.15) is 0 Å². The Morgan fingerprint density at radius 1 is 1.39 bits per heavy atom. The summed E-state index contributed by atoms with van der Waals surface area (Å²) < 4.78 is 12.3. The molecule has 0 bridgehead atoms. The van der Waals surface area contributed by atoms with Crippen LogP contribution in [0.25, 0.3) is 0 Å². The molecule has 0 saturated carbocycles. The van der Waals surface area contributed by atoms with E-state index in [1.54, 1.807) is 6.08 Å². The molecule has 2 nitrogen and oxygen atoms in total. The van der Waals surface area contributed by atoms with Crippen LogP contribution in [-0.2, 0) is 4.74 Å². The first-order chi connectivity index (χ1) is 8.51. The Balaban J connectivity index is 2.88. The summed E-state index contributed by atoms with van der Waals surface area (Å²) in [4.78, 5) is 0. The largest absolute Gasteiger partial charge is 0.482 e. The van der Waals surface area contributed by atoms with Gasteiger partial charge < -0.3 is 9.47 Å². The zero-order valence-corrected chi connectivity index (χ0v) is 12.2. The maximum Gasteiger partial charge on any atom is 0.156 e. The Morgan fingerprint density at radius 3 is 2.61 bits per heavy atom. The molecule has 0 radical (unpaired) electrons. The Labute approximate surface area is 117 Å². The zero-order chi connectivity index (χ0) is 13.6. The van der Waals surface area contributed by atoms with E-state index in [1.165, 1.54) is 6.26 Å². The quantitative estimate of drug-likeness (QED) is 0.438. The van der Waals surface area contributed by atoms with Gasteiger partial charge in [0.05, 0.1) is 4.47 Å². The third-order valence-electron chi connectivity index (χ3n) is 2.41. The van der Waals surface area contributed by atoms with Crippen LogP contribution >= 0.6 is 15.9 Å². The monoisotopic (exact) mass is 308 g/mol. The lowest BCUT2D eigenvalue weighted by atomic mass is 10.0. The van der Waals surface area contributed by atoms with Crippen LogP contribution in [0.4, 0.5) is 0 Å². The van der Waals surface area contributed by atoms with Crippen molar-refractivity contribution in [2.45, 2.75) is 25.6 Å². The lowest BCUT2D eigenvalue weighted by molar-refractivity contribution is -0.01000. The van der Waals surface area contributed by atoms with Gasteiger partial charge in [-0.3, -0.25) is 0 Å². The fraction of sp³-hybridized carbons (Fsp3) is 0.267. The maximum absolute atomic E-state index is 5.97. The number of halogens is 1. The van der Waals surface area contributed by atoms with E-state index in [4.69, 9.17) is 9.47 Å². The molecule has 0 saturated heterocycles. The third-order valence-corrected chi connectivity index (χ3v) is 3.06. The van der Waals surface area contributed by atoms with E-state index in [-0.39, 0.29) is 6.10 Å². The van der Waals surface area contributed by atoms with E-state index in [9.17, 15) is 0 Å². The molecule has 0 aliphatic heterocycles. The van der Waals surface area contributed by atoms with Gasteiger partial charge in [0.15, 0.2) is 6.10 Å². The summed E-state index contributed by atoms with van der Waals surface area (Å²) in [6.07, 6.45) is 2.82. The van der Waals surface area contributed by atoms with E-state index in [0.717, 1.165) is 10.2 Å². The van der Waals surface area contributed by atoms with Crippen molar-refractivity contribution in [1.29, 1.82) is 0 Å². The predicted molar refractivity (Wildman–Crippen MR) is 77.6 cm³/mol. The number of rotatable bonds is 6. The summed E-state index contributed by atoms with van der Waals surface area (Å²) in [5.74, 6) is 0.764. The van der Waals surface area contributed by atoms with Gasteiger partial charge in [0.1, 0.15) is 17.6 Å². The molecule has 18 heavy (non-hydrogen) atoms. The maximum atomic E-state index is 5.97. The minimum atomic E-state index is -0.557. The highest BCUT2D eigenvalue weighted by molar-refractivity contribution is 9.10. The number of para-hydroxylation sites is 1. The van der Waals surface area contributed by atoms with Crippen molar-refractivity contribution >= 4 is 15.9 Å². The minimum absolute atomic E-state index is 0.293. The van der Waals surface area contributed by atoms with Crippen LogP contribution in [0.2, 0.25) is 0 Å². The van der Waals surface area contributed by atoms with Crippen LogP contribution in [0.3, 0.4) is 0 Å². The Bertz CT molecular complexity index is 459. The van der Waals surface area contributed by atoms with Crippen molar-refractivity contribution in [1.82, 2.24) is 0 Å². The second-order valence-electron chi connectivity index (χ2n) is 4.25. The Hall–Kier alpha value is -1.44. The van der Waals surface area contributed by atoms with Gasteiger partial charge in [-0.25, -0.2) is 0 Å². The molecule has 1 unspecified atom stereocenters. The fourth-order valence-electron chi connectivity index (χ4n) is 1.49. The molecule has 1 atom stereocenters. The number of hydrogen-bond donors (Lipinski definition) is 0. The number of ether oxygens (including phenoxy) is 2. The number of benzene rings is 1. The van der Waals surface area contributed by atoms with E-state index >= 15 is 0 Å². The molecular weight excluding hydrogens is 292 g/mol. The highest BCUT2D eigenvalue weighted by atomic mass is 79.9. The highest BCUT2D eigenvalue weighted by Crippen LogP contribution is 2.30. The first kappa shape index (κ1) is 14.6. The van der Waals surface area contributed by atoms with Crippen molar-refractivity contribution in [2.24, 2.45) is 0 Å².